The van der Waals surface area contributed by atoms with Crippen LogP contribution < -0.4 is 15.2 Å². The summed E-state index contributed by atoms with van der Waals surface area (Å²) in [7, 11) is 1.34. The third-order valence-corrected chi connectivity index (χ3v) is 6.47. The van der Waals surface area contributed by atoms with Gasteiger partial charge in [-0.2, -0.15) is 0 Å². The zero-order valence-electron chi connectivity index (χ0n) is 19.3. The molecule has 0 bridgehead atoms. The Balaban J connectivity index is 1.50. The highest BCUT2D eigenvalue weighted by Gasteiger charge is 2.15. The molecule has 1 saturated heterocycles. The molecular weight excluding hydrogens is 491 g/mol. The number of rotatable bonds is 8. The lowest BCUT2D eigenvalue weighted by molar-refractivity contribution is 0.0600. The van der Waals surface area contributed by atoms with E-state index >= 15 is 0 Å². The molecule has 0 atom stereocenters. The summed E-state index contributed by atoms with van der Waals surface area (Å²) in [4.78, 5) is 26.7. The van der Waals surface area contributed by atoms with Crippen molar-refractivity contribution in [2.24, 2.45) is 0 Å². The largest absolute Gasteiger partial charge is 0.487 e. The molecule has 1 aliphatic heterocycles. The minimum Gasteiger partial charge on any atom is -0.487 e. The van der Waals surface area contributed by atoms with Gasteiger partial charge in [-0.15, -0.1) is 0 Å². The highest BCUT2D eigenvalue weighted by atomic mass is 35.5. The minimum absolute atomic E-state index is 0.0501. The lowest BCUT2D eigenvalue weighted by Gasteiger charge is -2.29. The Hall–Kier alpha value is -3.00. The quantitative estimate of drug-likeness (QED) is 0.407. The summed E-state index contributed by atoms with van der Waals surface area (Å²) in [5.41, 5.74) is 2.69. The van der Waals surface area contributed by atoms with Crippen LogP contribution in [0.25, 0.3) is 0 Å². The van der Waals surface area contributed by atoms with Gasteiger partial charge in [0.25, 0.3) is 5.56 Å². The second kappa shape index (κ2) is 11.6. The number of benzene rings is 2. The molecule has 0 saturated carbocycles. The fraction of sp³-hybridized carbons (Fsp3) is 0.308. The molecular formula is C26H26Cl2N2O5. The van der Waals surface area contributed by atoms with Gasteiger partial charge in [0.05, 0.1) is 36.6 Å². The van der Waals surface area contributed by atoms with Gasteiger partial charge in [0.2, 0.25) is 0 Å². The average molecular weight is 517 g/mol. The lowest BCUT2D eigenvalue weighted by Crippen LogP contribution is -2.36. The van der Waals surface area contributed by atoms with Crippen molar-refractivity contribution in [1.29, 1.82) is 0 Å². The van der Waals surface area contributed by atoms with Crippen molar-refractivity contribution in [2.75, 3.05) is 38.3 Å². The van der Waals surface area contributed by atoms with Crippen LogP contribution in [0.5, 0.6) is 5.75 Å². The van der Waals surface area contributed by atoms with Crippen molar-refractivity contribution in [3.8, 4) is 5.75 Å². The highest BCUT2D eigenvalue weighted by molar-refractivity contribution is 6.34. The Bertz CT molecular complexity index is 1240. The van der Waals surface area contributed by atoms with Crippen LogP contribution >= 0.6 is 23.2 Å². The van der Waals surface area contributed by atoms with Gasteiger partial charge in [-0.3, -0.25) is 4.79 Å². The van der Waals surface area contributed by atoms with Crippen LogP contribution in [0.2, 0.25) is 10.0 Å². The van der Waals surface area contributed by atoms with Gasteiger partial charge in [-0.1, -0.05) is 41.4 Å². The number of esters is 1. The summed E-state index contributed by atoms with van der Waals surface area (Å²) in [6, 6.07) is 16.3. The second-order valence-corrected chi connectivity index (χ2v) is 8.88. The first-order valence-electron chi connectivity index (χ1n) is 11.3. The summed E-state index contributed by atoms with van der Waals surface area (Å²) in [5, 5.41) is 0.411. The first-order valence-corrected chi connectivity index (χ1v) is 12.0. The van der Waals surface area contributed by atoms with Gasteiger partial charge in [0.1, 0.15) is 17.4 Å². The van der Waals surface area contributed by atoms with Crippen LogP contribution in [0.1, 0.15) is 21.6 Å². The lowest BCUT2D eigenvalue weighted by atomic mass is 10.1. The average Bonchev–Trinajstić information content (AvgIpc) is 2.90. The number of morpholine rings is 1. The number of anilines is 1. The zero-order chi connectivity index (χ0) is 24.8. The number of pyridine rings is 1. The fourth-order valence-electron chi connectivity index (χ4n) is 3.93. The van der Waals surface area contributed by atoms with Crippen molar-refractivity contribution in [2.45, 2.75) is 19.6 Å². The smallest absolute Gasteiger partial charge is 0.337 e. The maximum atomic E-state index is 12.9. The molecule has 4 rings (SSSR count). The molecule has 1 aliphatic rings. The van der Waals surface area contributed by atoms with Crippen molar-refractivity contribution < 1.29 is 19.0 Å². The van der Waals surface area contributed by atoms with E-state index in [4.69, 9.17) is 37.4 Å². The van der Waals surface area contributed by atoms with E-state index in [1.807, 2.05) is 36.4 Å². The Morgan fingerprint density at radius 1 is 1.03 bits per heavy atom. The number of methoxy groups -OCH3 is 1. The first-order chi connectivity index (χ1) is 17.0. The maximum Gasteiger partial charge on any atom is 0.337 e. The normalized spacial score (nSPS) is 13.5. The van der Waals surface area contributed by atoms with Crippen LogP contribution in [0, 0.1) is 0 Å². The number of hydrogen-bond acceptors (Lipinski definition) is 6. The van der Waals surface area contributed by atoms with Crippen LogP contribution in [-0.2, 0) is 29.0 Å². The number of aryl methyl sites for hydroxylation is 1. The van der Waals surface area contributed by atoms with Crippen LogP contribution in [0.3, 0.4) is 0 Å². The Morgan fingerprint density at radius 3 is 2.49 bits per heavy atom. The molecule has 0 amide bonds. The van der Waals surface area contributed by atoms with Gasteiger partial charge in [0.15, 0.2) is 0 Å². The minimum atomic E-state index is -0.397. The number of carbonyl (C=O) groups is 1. The molecule has 184 valence electrons. The molecule has 7 nitrogen and oxygen atoms in total. The number of ether oxygens (including phenoxy) is 3. The summed E-state index contributed by atoms with van der Waals surface area (Å²) < 4.78 is 17.8. The van der Waals surface area contributed by atoms with Crippen molar-refractivity contribution in [3.05, 3.63) is 91.8 Å². The van der Waals surface area contributed by atoms with Crippen molar-refractivity contribution >= 4 is 34.9 Å². The maximum absolute atomic E-state index is 12.9. The van der Waals surface area contributed by atoms with Crippen LogP contribution in [0.4, 0.5) is 5.69 Å². The van der Waals surface area contributed by atoms with E-state index < -0.39 is 5.97 Å². The van der Waals surface area contributed by atoms with Gasteiger partial charge in [-0.05, 0) is 42.3 Å². The third-order valence-electron chi connectivity index (χ3n) is 5.87. The summed E-state index contributed by atoms with van der Waals surface area (Å²) in [5.74, 6) is 0.281. The standard InChI is InChI=1S/C26H26Cl2N2O5/c1-33-26(32)19-7-5-18(6-8-19)9-10-30-24(22(27)16-23(28)25(30)31)17-35-21-4-2-3-20(15-21)29-11-13-34-14-12-29/h2-8,15-16H,9-14,17H2,1H3. The van der Waals surface area contributed by atoms with Crippen molar-refractivity contribution in [3.63, 3.8) is 0 Å². The van der Waals surface area contributed by atoms with Gasteiger partial charge < -0.3 is 23.7 Å². The molecule has 1 fully saturated rings. The zero-order valence-corrected chi connectivity index (χ0v) is 20.8. The Labute approximate surface area is 213 Å². The van der Waals surface area contributed by atoms with E-state index in [2.05, 4.69) is 4.90 Å². The number of carbonyl (C=O) groups excluding carboxylic acids is 1. The van der Waals surface area contributed by atoms with Gasteiger partial charge in [-0.25, -0.2) is 4.79 Å². The molecule has 2 heterocycles. The molecule has 35 heavy (non-hydrogen) atoms. The number of nitrogens with zero attached hydrogens (tertiary/aromatic N) is 2. The molecule has 0 spiro atoms. The summed E-state index contributed by atoms with van der Waals surface area (Å²) in [6.45, 7) is 3.51. The van der Waals surface area contributed by atoms with Crippen LogP contribution in [-0.4, -0.2) is 43.9 Å². The molecule has 0 N–H and O–H groups in total. The molecule has 3 aromatic rings. The topological polar surface area (TPSA) is 70.0 Å². The number of halogens is 2. The van der Waals surface area contributed by atoms with Gasteiger partial charge >= 0.3 is 5.97 Å². The molecule has 0 unspecified atom stereocenters. The first kappa shape index (κ1) is 25.1. The predicted molar refractivity (Wildman–Crippen MR) is 136 cm³/mol. The van der Waals surface area contributed by atoms with Crippen LogP contribution in [0.15, 0.2) is 59.4 Å². The van der Waals surface area contributed by atoms with E-state index in [-0.39, 0.29) is 17.2 Å². The molecule has 0 aliphatic carbocycles. The third kappa shape index (κ3) is 6.17. The fourth-order valence-corrected chi connectivity index (χ4v) is 4.46. The van der Waals surface area contributed by atoms with Crippen molar-refractivity contribution in [1.82, 2.24) is 4.57 Å². The second-order valence-electron chi connectivity index (χ2n) is 8.07. The Kier molecular flexibility index (Phi) is 8.33. The summed E-state index contributed by atoms with van der Waals surface area (Å²) in [6.07, 6.45) is 0.539. The SMILES string of the molecule is COC(=O)c1ccc(CCn2c(COc3cccc(N4CCOCC4)c3)c(Cl)cc(Cl)c2=O)cc1. The molecule has 1 aromatic heterocycles. The Morgan fingerprint density at radius 2 is 1.77 bits per heavy atom. The highest BCUT2D eigenvalue weighted by Crippen LogP contribution is 2.25. The van der Waals surface area contributed by atoms with E-state index in [1.54, 1.807) is 16.7 Å². The van der Waals surface area contributed by atoms with E-state index in [0.29, 0.717) is 48.2 Å². The molecule has 2 aromatic carbocycles. The van der Waals surface area contributed by atoms with E-state index in [1.165, 1.54) is 13.2 Å². The number of hydrogen-bond donors (Lipinski definition) is 0. The number of aromatic nitrogens is 1. The monoisotopic (exact) mass is 516 g/mol. The summed E-state index contributed by atoms with van der Waals surface area (Å²) >= 11 is 12.6. The van der Waals surface area contributed by atoms with E-state index in [0.717, 1.165) is 24.3 Å². The van der Waals surface area contributed by atoms with Gasteiger partial charge in [0, 0.05) is 31.4 Å². The van der Waals surface area contributed by atoms with E-state index in [9.17, 15) is 9.59 Å². The molecule has 0 radical (unpaired) electrons. The predicted octanol–water partition coefficient (Wildman–Crippen LogP) is 4.60. The molecule has 9 heteroatoms.